The van der Waals surface area contributed by atoms with E-state index in [0.717, 1.165) is 12.0 Å². The lowest BCUT2D eigenvalue weighted by atomic mass is 9.97. The highest BCUT2D eigenvalue weighted by atomic mass is 16.3. The molecule has 17 heavy (non-hydrogen) atoms. The molecule has 2 rings (SSSR count). The largest absolute Gasteiger partial charge is 0.508 e. The minimum atomic E-state index is 0.303. The molecule has 86 valence electrons. The summed E-state index contributed by atoms with van der Waals surface area (Å²) in [7, 11) is 0. The molecule has 0 atom stereocenters. The first-order valence-corrected chi connectivity index (χ1v) is 5.86. The number of phenols is 1. The van der Waals surface area contributed by atoms with Crippen molar-refractivity contribution >= 4 is 5.57 Å². The Labute approximate surface area is 102 Å². The summed E-state index contributed by atoms with van der Waals surface area (Å²) in [5.74, 6) is 0.303. The predicted octanol–water partition coefficient (Wildman–Crippen LogP) is 4.23. The second-order valence-electron chi connectivity index (χ2n) is 3.94. The van der Waals surface area contributed by atoms with E-state index in [9.17, 15) is 5.11 Å². The summed E-state index contributed by atoms with van der Waals surface area (Å²) in [5.41, 5.74) is 3.56. The fourth-order valence-corrected chi connectivity index (χ4v) is 1.87. The minimum absolute atomic E-state index is 0.303. The second kappa shape index (κ2) is 5.35. The van der Waals surface area contributed by atoms with Gasteiger partial charge in [0.15, 0.2) is 0 Å². The SMILES string of the molecule is CC/C=C(\c1ccccc1)c1ccc(O)cc1. The molecular weight excluding hydrogens is 208 g/mol. The molecule has 0 spiro atoms. The van der Waals surface area contributed by atoms with Crippen LogP contribution in [0.4, 0.5) is 0 Å². The van der Waals surface area contributed by atoms with Crippen molar-refractivity contribution in [3.8, 4) is 5.75 Å². The molecule has 0 aliphatic heterocycles. The molecule has 1 N–H and O–H groups in total. The van der Waals surface area contributed by atoms with Crippen LogP contribution in [0.2, 0.25) is 0 Å². The first-order valence-electron chi connectivity index (χ1n) is 5.86. The number of benzene rings is 2. The molecule has 1 nitrogen and oxygen atoms in total. The van der Waals surface area contributed by atoms with Gasteiger partial charge < -0.3 is 5.11 Å². The highest BCUT2D eigenvalue weighted by Gasteiger charge is 2.03. The van der Waals surface area contributed by atoms with Gasteiger partial charge in [-0.2, -0.15) is 0 Å². The summed E-state index contributed by atoms with van der Waals surface area (Å²) in [5, 5.41) is 9.32. The van der Waals surface area contributed by atoms with Gasteiger partial charge in [0.05, 0.1) is 0 Å². The maximum Gasteiger partial charge on any atom is 0.115 e. The Hall–Kier alpha value is -2.02. The Morgan fingerprint density at radius 3 is 2.12 bits per heavy atom. The van der Waals surface area contributed by atoms with Crippen LogP contribution < -0.4 is 0 Å². The van der Waals surface area contributed by atoms with E-state index in [1.807, 2.05) is 30.3 Å². The molecule has 0 radical (unpaired) electrons. The number of hydrogen-bond acceptors (Lipinski definition) is 1. The van der Waals surface area contributed by atoms with Gasteiger partial charge in [0, 0.05) is 0 Å². The van der Waals surface area contributed by atoms with E-state index in [1.165, 1.54) is 11.1 Å². The quantitative estimate of drug-likeness (QED) is 0.827. The molecule has 0 amide bonds. The molecule has 0 saturated carbocycles. The van der Waals surface area contributed by atoms with Gasteiger partial charge in [-0.25, -0.2) is 0 Å². The summed E-state index contributed by atoms with van der Waals surface area (Å²) >= 11 is 0. The van der Waals surface area contributed by atoms with Gasteiger partial charge in [0.25, 0.3) is 0 Å². The van der Waals surface area contributed by atoms with E-state index in [-0.39, 0.29) is 0 Å². The van der Waals surface area contributed by atoms with Gasteiger partial charge in [0.1, 0.15) is 5.75 Å². The average molecular weight is 224 g/mol. The number of allylic oxidation sites excluding steroid dienone is 1. The van der Waals surface area contributed by atoms with E-state index in [0.29, 0.717) is 5.75 Å². The van der Waals surface area contributed by atoms with E-state index in [2.05, 4.69) is 25.1 Å². The van der Waals surface area contributed by atoms with Crippen LogP contribution in [0.3, 0.4) is 0 Å². The molecular formula is C16H16O. The van der Waals surface area contributed by atoms with Gasteiger partial charge in [-0.15, -0.1) is 0 Å². The summed E-state index contributed by atoms with van der Waals surface area (Å²) in [4.78, 5) is 0. The summed E-state index contributed by atoms with van der Waals surface area (Å²) < 4.78 is 0. The first-order chi connectivity index (χ1) is 8.31. The molecule has 2 aromatic carbocycles. The van der Waals surface area contributed by atoms with Crippen LogP contribution in [0.1, 0.15) is 24.5 Å². The molecule has 0 unspecified atom stereocenters. The predicted molar refractivity (Wildman–Crippen MR) is 71.9 cm³/mol. The van der Waals surface area contributed by atoms with E-state index < -0.39 is 0 Å². The van der Waals surface area contributed by atoms with Gasteiger partial charge in [-0.1, -0.05) is 55.5 Å². The molecule has 0 bridgehead atoms. The number of phenolic OH excluding ortho intramolecular Hbond substituents is 1. The molecule has 0 aliphatic rings. The van der Waals surface area contributed by atoms with Crippen LogP contribution >= 0.6 is 0 Å². The number of aromatic hydroxyl groups is 1. The van der Waals surface area contributed by atoms with Gasteiger partial charge in [-0.3, -0.25) is 0 Å². The third-order valence-corrected chi connectivity index (χ3v) is 2.67. The third-order valence-electron chi connectivity index (χ3n) is 2.67. The van der Waals surface area contributed by atoms with Crippen LogP contribution in [0.25, 0.3) is 5.57 Å². The second-order valence-corrected chi connectivity index (χ2v) is 3.94. The zero-order valence-corrected chi connectivity index (χ0v) is 9.93. The Bertz CT molecular complexity index is 495. The van der Waals surface area contributed by atoms with Crippen molar-refractivity contribution in [1.29, 1.82) is 0 Å². The van der Waals surface area contributed by atoms with Crippen LogP contribution in [-0.2, 0) is 0 Å². The number of hydrogen-bond donors (Lipinski definition) is 1. The number of rotatable bonds is 3. The zero-order chi connectivity index (χ0) is 12.1. The highest BCUT2D eigenvalue weighted by Crippen LogP contribution is 2.25. The lowest BCUT2D eigenvalue weighted by molar-refractivity contribution is 0.475. The molecule has 0 aliphatic carbocycles. The fraction of sp³-hybridized carbons (Fsp3) is 0.125. The van der Waals surface area contributed by atoms with Crippen LogP contribution in [0.5, 0.6) is 5.75 Å². The fourth-order valence-electron chi connectivity index (χ4n) is 1.87. The standard InChI is InChI=1S/C16H16O/c1-2-6-16(13-7-4-3-5-8-13)14-9-11-15(17)12-10-14/h3-12,17H,2H2,1H3/b16-6+. The molecule has 0 fully saturated rings. The van der Waals surface area contributed by atoms with E-state index in [4.69, 9.17) is 0 Å². The first kappa shape index (κ1) is 11.5. The summed E-state index contributed by atoms with van der Waals surface area (Å²) in [6.07, 6.45) is 3.20. The van der Waals surface area contributed by atoms with E-state index >= 15 is 0 Å². The Balaban J connectivity index is 2.44. The summed E-state index contributed by atoms with van der Waals surface area (Å²) in [6.45, 7) is 2.13. The normalized spacial score (nSPS) is 11.5. The van der Waals surface area contributed by atoms with Crippen molar-refractivity contribution in [3.05, 3.63) is 71.8 Å². The summed E-state index contributed by atoms with van der Waals surface area (Å²) in [6, 6.07) is 17.7. The average Bonchev–Trinajstić information content (AvgIpc) is 2.38. The Morgan fingerprint density at radius 2 is 1.53 bits per heavy atom. The smallest absolute Gasteiger partial charge is 0.115 e. The van der Waals surface area contributed by atoms with Crippen molar-refractivity contribution in [2.45, 2.75) is 13.3 Å². The van der Waals surface area contributed by atoms with Crippen molar-refractivity contribution in [2.75, 3.05) is 0 Å². The van der Waals surface area contributed by atoms with Gasteiger partial charge in [-0.05, 0) is 35.3 Å². The van der Waals surface area contributed by atoms with Crippen LogP contribution in [0.15, 0.2) is 60.7 Å². The molecule has 2 aromatic rings. The van der Waals surface area contributed by atoms with Gasteiger partial charge >= 0.3 is 0 Å². The maximum atomic E-state index is 9.32. The molecule has 0 saturated heterocycles. The van der Waals surface area contributed by atoms with E-state index in [1.54, 1.807) is 12.1 Å². The highest BCUT2D eigenvalue weighted by molar-refractivity contribution is 5.79. The van der Waals surface area contributed by atoms with Crippen LogP contribution in [0, 0.1) is 0 Å². The van der Waals surface area contributed by atoms with Crippen molar-refractivity contribution in [3.63, 3.8) is 0 Å². The lowest BCUT2D eigenvalue weighted by Gasteiger charge is -2.08. The zero-order valence-electron chi connectivity index (χ0n) is 9.93. The Morgan fingerprint density at radius 1 is 0.941 bits per heavy atom. The lowest BCUT2D eigenvalue weighted by Crippen LogP contribution is -1.87. The van der Waals surface area contributed by atoms with Crippen molar-refractivity contribution < 1.29 is 5.11 Å². The Kier molecular flexibility index (Phi) is 3.61. The monoisotopic (exact) mass is 224 g/mol. The molecule has 1 heteroatoms. The van der Waals surface area contributed by atoms with Gasteiger partial charge in [0.2, 0.25) is 0 Å². The molecule has 0 heterocycles. The third kappa shape index (κ3) is 2.76. The maximum absolute atomic E-state index is 9.32. The topological polar surface area (TPSA) is 20.2 Å². The molecule has 0 aromatic heterocycles. The van der Waals surface area contributed by atoms with Crippen molar-refractivity contribution in [1.82, 2.24) is 0 Å². The minimum Gasteiger partial charge on any atom is -0.508 e. The van der Waals surface area contributed by atoms with Crippen LogP contribution in [-0.4, -0.2) is 5.11 Å². The van der Waals surface area contributed by atoms with Crippen molar-refractivity contribution in [2.24, 2.45) is 0 Å².